The summed E-state index contributed by atoms with van der Waals surface area (Å²) < 4.78 is 5.17. The van der Waals surface area contributed by atoms with Crippen LogP contribution >= 0.6 is 0 Å². The minimum Gasteiger partial charge on any atom is -0.391 e. The third-order valence-electron chi connectivity index (χ3n) is 2.31. The van der Waals surface area contributed by atoms with Gasteiger partial charge in [0.25, 0.3) is 0 Å². The van der Waals surface area contributed by atoms with Gasteiger partial charge in [-0.1, -0.05) is 0 Å². The number of rotatable bonds is 1. The smallest absolute Gasteiger partial charge is 0.116 e. The van der Waals surface area contributed by atoms with E-state index in [1.165, 1.54) is 0 Å². The Hall–Kier alpha value is -0.610. The summed E-state index contributed by atoms with van der Waals surface area (Å²) in [6, 6.07) is 0.273. The molecule has 1 saturated heterocycles. The van der Waals surface area contributed by atoms with E-state index in [1.54, 1.807) is 13.3 Å². The number of hydrazone groups is 1. The van der Waals surface area contributed by atoms with Gasteiger partial charge in [0.2, 0.25) is 0 Å². The van der Waals surface area contributed by atoms with Gasteiger partial charge in [0, 0.05) is 7.11 Å². The van der Waals surface area contributed by atoms with Crippen molar-refractivity contribution in [3.63, 3.8) is 0 Å². The van der Waals surface area contributed by atoms with E-state index in [0.717, 1.165) is 6.42 Å². The largest absolute Gasteiger partial charge is 0.391 e. The maximum absolute atomic E-state index is 9.28. The molecule has 0 unspecified atom stereocenters. The molecule has 2 heterocycles. The maximum Gasteiger partial charge on any atom is 0.116 e. The van der Waals surface area contributed by atoms with Crippen molar-refractivity contribution in [2.45, 2.75) is 24.7 Å². The molecule has 4 heteroatoms. The van der Waals surface area contributed by atoms with Crippen LogP contribution < -0.4 is 0 Å². The zero-order chi connectivity index (χ0) is 7.84. The molecule has 0 aromatic rings. The van der Waals surface area contributed by atoms with E-state index >= 15 is 0 Å². The van der Waals surface area contributed by atoms with Crippen LogP contribution in [0.15, 0.2) is 5.10 Å². The van der Waals surface area contributed by atoms with Crippen molar-refractivity contribution in [2.24, 2.45) is 5.10 Å². The molecule has 2 aliphatic heterocycles. The molecule has 0 saturated carbocycles. The van der Waals surface area contributed by atoms with E-state index in [4.69, 9.17) is 4.74 Å². The van der Waals surface area contributed by atoms with Gasteiger partial charge in [-0.25, -0.2) is 0 Å². The predicted molar refractivity (Wildman–Crippen MR) is 40.4 cm³/mol. The number of nitrogens with zero attached hydrogens (tertiary/aromatic N) is 2. The van der Waals surface area contributed by atoms with Gasteiger partial charge in [-0.3, -0.25) is 5.01 Å². The highest BCUT2D eigenvalue weighted by atomic mass is 16.5. The van der Waals surface area contributed by atoms with Gasteiger partial charge < -0.3 is 9.84 Å². The molecule has 0 aliphatic carbocycles. The van der Waals surface area contributed by atoms with Crippen LogP contribution in [0.1, 0.15) is 6.42 Å². The van der Waals surface area contributed by atoms with Gasteiger partial charge in [-0.05, 0) is 6.42 Å². The number of hydrogen-bond acceptors (Lipinski definition) is 4. The molecule has 0 bridgehead atoms. The van der Waals surface area contributed by atoms with Gasteiger partial charge >= 0.3 is 0 Å². The molecular formula is C7H12N2O2. The van der Waals surface area contributed by atoms with E-state index in [-0.39, 0.29) is 18.2 Å². The second kappa shape index (κ2) is 2.46. The number of fused-ring (bicyclic) bond motifs is 1. The third kappa shape index (κ3) is 1.02. The summed E-state index contributed by atoms with van der Waals surface area (Å²) in [7, 11) is 1.67. The van der Waals surface area contributed by atoms with Gasteiger partial charge in [-0.15, -0.1) is 0 Å². The van der Waals surface area contributed by atoms with Crippen LogP contribution in [-0.2, 0) is 4.74 Å². The lowest BCUT2D eigenvalue weighted by atomic mass is 10.1. The molecule has 2 rings (SSSR count). The Labute approximate surface area is 65.5 Å². The summed E-state index contributed by atoms with van der Waals surface area (Å²) in [4.78, 5) is 0. The van der Waals surface area contributed by atoms with Crippen molar-refractivity contribution < 1.29 is 9.84 Å². The molecule has 3 atom stereocenters. The summed E-state index contributed by atoms with van der Waals surface area (Å²) in [6.07, 6.45) is 2.43. The van der Waals surface area contributed by atoms with Crippen molar-refractivity contribution in [3.05, 3.63) is 0 Å². The molecule has 4 nitrogen and oxygen atoms in total. The Kier molecular flexibility index (Phi) is 1.58. The van der Waals surface area contributed by atoms with E-state index in [0.29, 0.717) is 6.54 Å². The fraction of sp³-hybridized carbons (Fsp3) is 0.857. The van der Waals surface area contributed by atoms with E-state index < -0.39 is 0 Å². The monoisotopic (exact) mass is 156 g/mol. The van der Waals surface area contributed by atoms with E-state index in [1.807, 2.05) is 5.01 Å². The Morgan fingerprint density at radius 2 is 2.55 bits per heavy atom. The number of aliphatic hydroxyl groups excluding tert-OH is 1. The molecule has 0 aromatic carbocycles. The van der Waals surface area contributed by atoms with Gasteiger partial charge in [-0.2, -0.15) is 5.10 Å². The topological polar surface area (TPSA) is 45.1 Å². The van der Waals surface area contributed by atoms with Crippen LogP contribution in [0.25, 0.3) is 0 Å². The Balaban J connectivity index is 2.07. The lowest BCUT2D eigenvalue weighted by Gasteiger charge is -2.17. The molecule has 0 amide bonds. The highest BCUT2D eigenvalue weighted by Gasteiger charge is 2.38. The molecular weight excluding hydrogens is 144 g/mol. The first-order valence-electron chi connectivity index (χ1n) is 3.83. The SMILES string of the molecule is CO[C@@H]1C=NN2C[C@H](O)C[C@@H]12. The quantitative estimate of drug-likeness (QED) is 0.553. The summed E-state index contributed by atoms with van der Waals surface area (Å²) >= 11 is 0. The number of ether oxygens (including phenoxy) is 1. The molecule has 0 radical (unpaired) electrons. The van der Waals surface area contributed by atoms with Crippen LogP contribution in [0, 0.1) is 0 Å². The highest BCUT2D eigenvalue weighted by molar-refractivity contribution is 5.66. The van der Waals surface area contributed by atoms with Gasteiger partial charge in [0.05, 0.1) is 24.9 Å². The minimum atomic E-state index is -0.227. The normalized spacial score (nSPS) is 41.6. The van der Waals surface area contributed by atoms with Crippen LogP contribution in [-0.4, -0.2) is 48.2 Å². The van der Waals surface area contributed by atoms with Crippen LogP contribution in [0.3, 0.4) is 0 Å². The van der Waals surface area contributed by atoms with Crippen molar-refractivity contribution in [3.8, 4) is 0 Å². The summed E-state index contributed by atoms with van der Waals surface area (Å²) in [5.41, 5.74) is 0. The standard InChI is InChI=1S/C7H12N2O2/c1-11-7-3-8-9-4-5(10)2-6(7)9/h3,5-7,10H,2,4H2,1H3/t5-,6+,7-/m1/s1. The summed E-state index contributed by atoms with van der Waals surface area (Å²) in [6.45, 7) is 0.654. The molecule has 62 valence electrons. The average molecular weight is 156 g/mol. The average Bonchev–Trinajstić information content (AvgIpc) is 2.45. The first kappa shape index (κ1) is 7.06. The van der Waals surface area contributed by atoms with E-state index in [2.05, 4.69) is 5.10 Å². The van der Waals surface area contributed by atoms with Gasteiger partial charge in [0.15, 0.2) is 0 Å². The Morgan fingerprint density at radius 1 is 1.73 bits per heavy atom. The number of aliphatic hydroxyl groups is 1. The fourth-order valence-electron chi connectivity index (χ4n) is 1.73. The maximum atomic E-state index is 9.28. The first-order valence-corrected chi connectivity index (χ1v) is 3.83. The fourth-order valence-corrected chi connectivity index (χ4v) is 1.73. The zero-order valence-electron chi connectivity index (χ0n) is 6.47. The van der Waals surface area contributed by atoms with Crippen molar-refractivity contribution in [1.29, 1.82) is 0 Å². The Bertz CT molecular complexity index is 181. The lowest BCUT2D eigenvalue weighted by Crippen LogP contribution is -2.31. The van der Waals surface area contributed by atoms with Gasteiger partial charge in [0.1, 0.15) is 6.10 Å². The second-order valence-corrected chi connectivity index (χ2v) is 3.04. The van der Waals surface area contributed by atoms with Crippen molar-refractivity contribution >= 4 is 6.21 Å². The zero-order valence-corrected chi connectivity index (χ0v) is 6.47. The van der Waals surface area contributed by atoms with Crippen LogP contribution in [0.4, 0.5) is 0 Å². The van der Waals surface area contributed by atoms with Crippen molar-refractivity contribution in [1.82, 2.24) is 5.01 Å². The van der Waals surface area contributed by atoms with Crippen molar-refractivity contribution in [2.75, 3.05) is 13.7 Å². The first-order chi connectivity index (χ1) is 5.31. The minimum absolute atomic E-state index is 0.0761. The third-order valence-corrected chi connectivity index (χ3v) is 2.31. The second-order valence-electron chi connectivity index (χ2n) is 3.04. The predicted octanol–water partition coefficient (Wildman–Crippen LogP) is -0.564. The molecule has 0 aromatic heterocycles. The Morgan fingerprint density at radius 3 is 3.27 bits per heavy atom. The molecule has 11 heavy (non-hydrogen) atoms. The number of methoxy groups -OCH3 is 1. The molecule has 1 N–H and O–H groups in total. The summed E-state index contributed by atoms with van der Waals surface area (Å²) in [5, 5.41) is 15.3. The number of hydrogen-bond donors (Lipinski definition) is 1. The molecule has 2 aliphatic rings. The van der Waals surface area contributed by atoms with Crippen LogP contribution in [0.5, 0.6) is 0 Å². The summed E-state index contributed by atoms with van der Waals surface area (Å²) in [5.74, 6) is 0. The molecule has 1 fully saturated rings. The van der Waals surface area contributed by atoms with Crippen LogP contribution in [0.2, 0.25) is 0 Å². The van der Waals surface area contributed by atoms with E-state index in [9.17, 15) is 5.11 Å². The molecule has 0 spiro atoms. The highest BCUT2D eigenvalue weighted by Crippen LogP contribution is 2.25. The lowest BCUT2D eigenvalue weighted by molar-refractivity contribution is 0.0999.